The number of anilines is 2. The van der Waals surface area contributed by atoms with Gasteiger partial charge in [-0.3, -0.25) is 9.80 Å². The third kappa shape index (κ3) is 10.3. The zero-order chi connectivity index (χ0) is 44.7. The Morgan fingerprint density at radius 3 is 2.26 bits per heavy atom. The fraction of sp³-hybridized carbons (Fsp3) is 0.404. The van der Waals surface area contributed by atoms with Gasteiger partial charge in [0, 0.05) is 87.8 Å². The number of hydrogen-bond donors (Lipinski definition) is 2. The summed E-state index contributed by atoms with van der Waals surface area (Å²) in [5, 5.41) is 5.99. The van der Waals surface area contributed by atoms with Crippen molar-refractivity contribution in [1.29, 1.82) is 0 Å². The Kier molecular flexibility index (Phi) is 14.8. The van der Waals surface area contributed by atoms with Gasteiger partial charge < -0.3 is 19.6 Å². The molecule has 338 valence electrons. The SMILES string of the molecule is CCCCN(C(=S)c1ccc(CCC)cc1)c1ccc2occ(C3=CCN4CCCC4C3)c2c1.CCCc1ccccc1C(=S)Nc1ccc2[nH]cc(C3=CCN4CCCCC4C3)c2c1. The van der Waals surface area contributed by atoms with Crippen molar-refractivity contribution in [3.63, 3.8) is 0 Å². The van der Waals surface area contributed by atoms with Crippen LogP contribution in [0, 0.1) is 0 Å². The Morgan fingerprint density at radius 2 is 1.49 bits per heavy atom. The second kappa shape index (κ2) is 21.2. The van der Waals surface area contributed by atoms with Crippen LogP contribution < -0.4 is 10.2 Å². The Hall–Kier alpha value is -4.86. The lowest BCUT2D eigenvalue weighted by Crippen LogP contribution is -2.41. The van der Waals surface area contributed by atoms with E-state index in [-0.39, 0.29) is 0 Å². The number of aryl methyl sites for hydroxylation is 2. The minimum Gasteiger partial charge on any atom is -0.464 e. The van der Waals surface area contributed by atoms with Crippen molar-refractivity contribution in [2.45, 2.75) is 116 Å². The van der Waals surface area contributed by atoms with Crippen LogP contribution in [0.15, 0.2) is 114 Å². The van der Waals surface area contributed by atoms with Crippen molar-refractivity contribution in [2.24, 2.45) is 0 Å². The first-order valence-corrected chi connectivity index (χ1v) is 25.5. The van der Waals surface area contributed by atoms with Crippen LogP contribution in [0.1, 0.15) is 125 Å². The smallest absolute Gasteiger partial charge is 0.134 e. The zero-order valence-corrected chi connectivity index (χ0v) is 40.5. The van der Waals surface area contributed by atoms with Crippen LogP contribution in [-0.2, 0) is 12.8 Å². The summed E-state index contributed by atoms with van der Waals surface area (Å²) >= 11 is 11.8. The molecule has 4 aliphatic rings. The topological polar surface area (TPSA) is 50.7 Å². The summed E-state index contributed by atoms with van der Waals surface area (Å²) in [6.07, 6.45) is 24.7. The van der Waals surface area contributed by atoms with Gasteiger partial charge in [0.1, 0.15) is 15.6 Å². The third-order valence-electron chi connectivity index (χ3n) is 14.3. The van der Waals surface area contributed by atoms with E-state index in [1.165, 1.54) is 94.9 Å². The second-order valence-electron chi connectivity index (χ2n) is 18.7. The van der Waals surface area contributed by atoms with Crippen molar-refractivity contribution in [3.05, 3.63) is 143 Å². The zero-order valence-electron chi connectivity index (χ0n) is 38.8. The van der Waals surface area contributed by atoms with Crippen LogP contribution >= 0.6 is 24.4 Å². The molecule has 2 N–H and O–H groups in total. The average molecular weight is 902 g/mol. The highest BCUT2D eigenvalue weighted by atomic mass is 32.1. The number of unbranched alkanes of at least 4 members (excludes halogenated alkanes) is 1. The van der Waals surface area contributed by atoms with Gasteiger partial charge in [-0.05, 0) is 130 Å². The van der Waals surface area contributed by atoms with Gasteiger partial charge in [-0.1, -0.05) is 132 Å². The van der Waals surface area contributed by atoms with Gasteiger partial charge in [0.05, 0.1) is 6.26 Å². The molecule has 0 amide bonds. The van der Waals surface area contributed by atoms with Crippen molar-refractivity contribution >= 4 is 78.8 Å². The number of thiocarbonyl (C=S) groups is 2. The first-order valence-electron chi connectivity index (χ1n) is 24.7. The molecule has 2 aromatic heterocycles. The summed E-state index contributed by atoms with van der Waals surface area (Å²) < 4.78 is 6.00. The number of nitrogens with zero attached hydrogens (tertiary/aromatic N) is 3. The first kappa shape index (κ1) is 45.3. The van der Waals surface area contributed by atoms with Crippen LogP contribution in [0.3, 0.4) is 0 Å². The first-order chi connectivity index (χ1) is 31.9. The maximum atomic E-state index is 6.04. The number of piperidine rings is 1. The fourth-order valence-electron chi connectivity index (χ4n) is 10.7. The molecule has 0 saturated carbocycles. The minimum atomic E-state index is 0.692. The van der Waals surface area contributed by atoms with Crippen molar-refractivity contribution < 1.29 is 4.42 Å². The highest BCUT2D eigenvalue weighted by Gasteiger charge is 2.30. The molecule has 65 heavy (non-hydrogen) atoms. The monoisotopic (exact) mass is 901 g/mol. The molecule has 2 fully saturated rings. The normalized spacial score (nSPS) is 18.6. The van der Waals surface area contributed by atoms with Crippen LogP contribution in [0.2, 0.25) is 0 Å². The molecular formula is C57H67N5OS2. The van der Waals surface area contributed by atoms with Crippen LogP contribution in [0.5, 0.6) is 0 Å². The summed E-state index contributed by atoms with van der Waals surface area (Å²) in [7, 11) is 0. The van der Waals surface area contributed by atoms with Gasteiger partial charge in [-0.2, -0.15) is 0 Å². The standard InChI is InChI=1S/C30H36N2OS.C27H31N3S/c1-3-5-17-32(30(34)23-11-9-22(7-4-2)10-12-23)26-13-14-29-27(20-26)28(21-33-29)24-15-18-31-16-6-8-25(31)19-24;1-2-7-19-8-3-4-10-23(19)27(31)29-21-11-12-26-24(17-21)25(18-28-26)20-13-15-30-14-6-5-9-22(30)16-20/h9-15,20-21,25H,3-8,16-19H2,1-2H3;3-4,8,10-13,17-18,22,28H,2,5-7,9,14-16H2,1H3,(H,29,31). The molecular weight excluding hydrogens is 835 g/mol. The lowest BCUT2D eigenvalue weighted by Gasteiger charge is -2.38. The molecule has 0 bridgehead atoms. The number of hydrogen-bond acceptors (Lipinski definition) is 5. The van der Waals surface area contributed by atoms with Gasteiger partial charge in [0.25, 0.3) is 0 Å². The van der Waals surface area contributed by atoms with E-state index in [0.29, 0.717) is 12.1 Å². The largest absolute Gasteiger partial charge is 0.464 e. The van der Waals surface area contributed by atoms with E-state index in [0.717, 1.165) is 109 Å². The van der Waals surface area contributed by atoms with Gasteiger partial charge in [-0.25, -0.2) is 0 Å². The molecule has 6 nitrogen and oxygen atoms in total. The molecule has 0 spiro atoms. The second-order valence-corrected chi connectivity index (χ2v) is 19.5. The van der Waals surface area contributed by atoms with Crippen LogP contribution in [0.4, 0.5) is 11.4 Å². The molecule has 6 aromatic rings. The maximum Gasteiger partial charge on any atom is 0.134 e. The number of rotatable bonds is 13. The lowest BCUT2D eigenvalue weighted by molar-refractivity contribution is 0.161. The fourth-order valence-corrected chi connectivity index (χ4v) is 11.4. The van der Waals surface area contributed by atoms with Gasteiger partial charge in [0.2, 0.25) is 0 Å². The predicted molar refractivity (Wildman–Crippen MR) is 284 cm³/mol. The van der Waals surface area contributed by atoms with E-state index in [4.69, 9.17) is 28.9 Å². The number of H-pyrrole nitrogens is 1. The number of fused-ring (bicyclic) bond motifs is 4. The maximum absolute atomic E-state index is 6.04. The molecule has 4 aromatic carbocycles. The molecule has 8 heteroatoms. The van der Waals surface area contributed by atoms with Gasteiger partial charge in [-0.15, -0.1) is 0 Å². The predicted octanol–water partition coefficient (Wildman–Crippen LogP) is 14.2. The van der Waals surface area contributed by atoms with Gasteiger partial charge >= 0.3 is 0 Å². The lowest BCUT2D eigenvalue weighted by atomic mass is 9.89. The van der Waals surface area contributed by atoms with Crippen LogP contribution in [-0.4, -0.2) is 69.6 Å². The Labute approximate surface area is 398 Å². The summed E-state index contributed by atoms with van der Waals surface area (Å²) in [6.45, 7) is 12.2. The number of nitrogens with one attached hydrogen (secondary N) is 2. The van der Waals surface area contributed by atoms with E-state index < -0.39 is 0 Å². The molecule has 0 aliphatic carbocycles. The van der Waals surface area contributed by atoms with Crippen molar-refractivity contribution in [1.82, 2.24) is 14.8 Å². The molecule has 2 saturated heterocycles. The number of aromatic nitrogens is 1. The van der Waals surface area contributed by atoms with Crippen molar-refractivity contribution in [2.75, 3.05) is 42.9 Å². The number of furan rings is 1. The summed E-state index contributed by atoms with van der Waals surface area (Å²) in [6, 6.07) is 31.8. The third-order valence-corrected chi connectivity index (χ3v) is 15.1. The Bertz CT molecular complexity index is 2670. The van der Waals surface area contributed by atoms with Crippen molar-refractivity contribution in [3.8, 4) is 0 Å². The number of aromatic amines is 1. The molecule has 2 atom stereocenters. The molecule has 4 aliphatic heterocycles. The average Bonchev–Trinajstić information content (AvgIpc) is 4.11. The molecule has 0 radical (unpaired) electrons. The van der Waals surface area contributed by atoms with E-state index in [1.807, 2.05) is 6.26 Å². The highest BCUT2D eigenvalue weighted by Crippen LogP contribution is 2.39. The summed E-state index contributed by atoms with van der Waals surface area (Å²) in [4.78, 5) is 12.8. The Morgan fingerprint density at radius 1 is 0.754 bits per heavy atom. The van der Waals surface area contributed by atoms with E-state index in [1.54, 1.807) is 0 Å². The minimum absolute atomic E-state index is 0.692. The quantitative estimate of drug-likeness (QED) is 0.112. The van der Waals surface area contributed by atoms with Crippen LogP contribution in [0.25, 0.3) is 33.0 Å². The highest BCUT2D eigenvalue weighted by molar-refractivity contribution is 7.81. The van der Waals surface area contributed by atoms with Gasteiger partial charge in [0.15, 0.2) is 0 Å². The molecule has 2 unspecified atom stereocenters. The van der Waals surface area contributed by atoms with E-state index in [2.05, 4.69) is 149 Å². The summed E-state index contributed by atoms with van der Waals surface area (Å²) in [5.41, 5.74) is 14.8. The molecule has 6 heterocycles. The number of benzene rings is 4. The van der Waals surface area contributed by atoms with E-state index in [9.17, 15) is 0 Å². The molecule has 10 rings (SSSR count). The Balaban J connectivity index is 0.000000165. The summed E-state index contributed by atoms with van der Waals surface area (Å²) in [5.74, 6) is 0. The van der Waals surface area contributed by atoms with E-state index >= 15 is 0 Å².